The number of hydrogen-bond acceptors (Lipinski definition) is 3. The Morgan fingerprint density at radius 1 is 1.59 bits per heavy atom. The summed E-state index contributed by atoms with van der Waals surface area (Å²) in [6.45, 7) is 3.65. The molecule has 1 aromatic carbocycles. The number of amides is 1. The molecule has 1 atom stereocenters. The Kier molecular flexibility index (Phi) is 3.54. The van der Waals surface area contributed by atoms with E-state index in [0.717, 1.165) is 17.8 Å². The summed E-state index contributed by atoms with van der Waals surface area (Å²) in [7, 11) is 0. The van der Waals surface area contributed by atoms with Crippen LogP contribution in [0.2, 0.25) is 5.02 Å². The molecule has 92 valence electrons. The van der Waals surface area contributed by atoms with Gasteiger partial charge in [0.2, 0.25) is 5.91 Å². The van der Waals surface area contributed by atoms with Gasteiger partial charge in [0.25, 0.3) is 0 Å². The molecule has 1 unspecified atom stereocenters. The van der Waals surface area contributed by atoms with E-state index >= 15 is 0 Å². The summed E-state index contributed by atoms with van der Waals surface area (Å²) in [5.74, 6) is -0.0181. The maximum atomic E-state index is 11.7. The Balaban J connectivity index is 2.30. The predicted octanol–water partition coefficient (Wildman–Crippen LogP) is 0.912. The minimum Gasteiger partial charge on any atom is -0.357 e. The van der Waals surface area contributed by atoms with Crippen molar-refractivity contribution < 1.29 is 4.79 Å². The molecule has 5 heteroatoms. The lowest BCUT2D eigenvalue weighted by atomic mass is 10.1. The van der Waals surface area contributed by atoms with Crippen molar-refractivity contribution >= 4 is 23.2 Å². The molecule has 1 saturated heterocycles. The van der Waals surface area contributed by atoms with Crippen molar-refractivity contribution in [2.24, 2.45) is 5.73 Å². The minimum atomic E-state index is -0.303. The molecule has 0 aromatic heterocycles. The molecule has 2 rings (SSSR count). The first kappa shape index (κ1) is 12.2. The monoisotopic (exact) mass is 253 g/mol. The van der Waals surface area contributed by atoms with E-state index in [2.05, 4.69) is 5.32 Å². The van der Waals surface area contributed by atoms with Gasteiger partial charge in [-0.1, -0.05) is 17.7 Å². The van der Waals surface area contributed by atoms with E-state index in [4.69, 9.17) is 17.3 Å². The summed E-state index contributed by atoms with van der Waals surface area (Å²) in [5.41, 5.74) is 7.63. The van der Waals surface area contributed by atoms with Crippen molar-refractivity contribution in [1.29, 1.82) is 0 Å². The van der Waals surface area contributed by atoms with Gasteiger partial charge in [-0.2, -0.15) is 0 Å². The molecule has 4 nitrogen and oxygen atoms in total. The standard InChI is InChI=1S/C12H16ClN3O/c1-8-2-3-9(6-10(8)13)16-5-4-15-12(17)11(16)7-14/h2-3,6,11H,4-5,7,14H2,1H3,(H,15,17). The first-order valence-electron chi connectivity index (χ1n) is 5.64. The Morgan fingerprint density at radius 2 is 2.35 bits per heavy atom. The number of carbonyl (C=O) groups excluding carboxylic acids is 1. The quantitative estimate of drug-likeness (QED) is 0.824. The first-order valence-corrected chi connectivity index (χ1v) is 6.02. The number of aryl methyl sites for hydroxylation is 1. The molecule has 1 aromatic rings. The molecule has 1 aliphatic heterocycles. The zero-order valence-electron chi connectivity index (χ0n) is 9.74. The van der Waals surface area contributed by atoms with Crippen LogP contribution in [-0.2, 0) is 4.79 Å². The van der Waals surface area contributed by atoms with Gasteiger partial charge in [-0.15, -0.1) is 0 Å². The summed E-state index contributed by atoms with van der Waals surface area (Å²) in [4.78, 5) is 13.7. The van der Waals surface area contributed by atoms with Gasteiger partial charge in [-0.3, -0.25) is 4.79 Å². The van der Waals surface area contributed by atoms with Gasteiger partial charge >= 0.3 is 0 Å². The van der Waals surface area contributed by atoms with Crippen molar-refractivity contribution in [1.82, 2.24) is 5.32 Å². The van der Waals surface area contributed by atoms with E-state index in [1.807, 2.05) is 30.0 Å². The number of rotatable bonds is 2. The predicted molar refractivity (Wildman–Crippen MR) is 69.4 cm³/mol. The number of benzene rings is 1. The molecule has 3 N–H and O–H groups in total. The number of carbonyl (C=O) groups is 1. The molecule has 1 amide bonds. The Morgan fingerprint density at radius 3 is 3.00 bits per heavy atom. The molecule has 17 heavy (non-hydrogen) atoms. The van der Waals surface area contributed by atoms with E-state index in [1.165, 1.54) is 0 Å². The van der Waals surface area contributed by atoms with Gasteiger partial charge < -0.3 is 16.0 Å². The van der Waals surface area contributed by atoms with E-state index in [9.17, 15) is 4.79 Å². The summed E-state index contributed by atoms with van der Waals surface area (Å²) in [6, 6.07) is 5.51. The second kappa shape index (κ2) is 4.94. The van der Waals surface area contributed by atoms with Gasteiger partial charge in [-0.05, 0) is 24.6 Å². The van der Waals surface area contributed by atoms with Crippen molar-refractivity contribution in [3.8, 4) is 0 Å². The van der Waals surface area contributed by atoms with E-state index in [0.29, 0.717) is 18.1 Å². The van der Waals surface area contributed by atoms with Crippen molar-refractivity contribution in [2.75, 3.05) is 24.5 Å². The molecule has 0 spiro atoms. The van der Waals surface area contributed by atoms with Crippen LogP contribution in [0.25, 0.3) is 0 Å². The van der Waals surface area contributed by atoms with Crippen LogP contribution < -0.4 is 16.0 Å². The largest absolute Gasteiger partial charge is 0.357 e. The average molecular weight is 254 g/mol. The lowest BCUT2D eigenvalue weighted by Gasteiger charge is -2.36. The highest BCUT2D eigenvalue weighted by molar-refractivity contribution is 6.31. The Labute approximate surface area is 106 Å². The van der Waals surface area contributed by atoms with Crippen LogP contribution in [0.1, 0.15) is 5.56 Å². The highest BCUT2D eigenvalue weighted by Crippen LogP contribution is 2.25. The van der Waals surface area contributed by atoms with Crippen LogP contribution in [0.4, 0.5) is 5.69 Å². The van der Waals surface area contributed by atoms with Gasteiger partial charge in [-0.25, -0.2) is 0 Å². The number of nitrogens with one attached hydrogen (secondary N) is 1. The summed E-state index contributed by atoms with van der Waals surface area (Å²) in [6.07, 6.45) is 0. The van der Waals surface area contributed by atoms with Crippen LogP contribution in [0.5, 0.6) is 0 Å². The third-order valence-corrected chi connectivity index (χ3v) is 3.45. The maximum Gasteiger partial charge on any atom is 0.244 e. The number of anilines is 1. The fraction of sp³-hybridized carbons (Fsp3) is 0.417. The van der Waals surface area contributed by atoms with Gasteiger partial charge in [0.1, 0.15) is 6.04 Å². The average Bonchev–Trinajstić information content (AvgIpc) is 2.32. The highest BCUT2D eigenvalue weighted by atomic mass is 35.5. The fourth-order valence-corrected chi connectivity index (χ4v) is 2.19. The second-order valence-corrected chi connectivity index (χ2v) is 4.58. The first-order chi connectivity index (χ1) is 8.13. The van der Waals surface area contributed by atoms with Crippen molar-refractivity contribution in [3.05, 3.63) is 28.8 Å². The fourth-order valence-electron chi connectivity index (χ4n) is 2.02. The summed E-state index contributed by atoms with van der Waals surface area (Å²) >= 11 is 6.10. The van der Waals surface area contributed by atoms with Crippen LogP contribution in [0, 0.1) is 6.92 Å². The smallest absolute Gasteiger partial charge is 0.244 e. The topological polar surface area (TPSA) is 58.4 Å². The lowest BCUT2D eigenvalue weighted by Crippen LogP contribution is -2.58. The molecule has 1 heterocycles. The summed E-state index contributed by atoms with van der Waals surface area (Å²) in [5, 5.41) is 3.53. The number of nitrogens with zero attached hydrogens (tertiary/aromatic N) is 1. The minimum absolute atomic E-state index is 0.0181. The Hall–Kier alpha value is -1.26. The van der Waals surface area contributed by atoms with Crippen LogP contribution >= 0.6 is 11.6 Å². The third kappa shape index (κ3) is 2.37. The molecular formula is C12H16ClN3O. The van der Waals surface area contributed by atoms with Crippen LogP contribution in [0.15, 0.2) is 18.2 Å². The molecular weight excluding hydrogens is 238 g/mol. The van der Waals surface area contributed by atoms with Gasteiger partial charge in [0.05, 0.1) is 0 Å². The lowest BCUT2D eigenvalue weighted by molar-refractivity contribution is -0.123. The molecule has 1 aliphatic rings. The highest BCUT2D eigenvalue weighted by Gasteiger charge is 2.28. The molecule has 0 radical (unpaired) electrons. The second-order valence-electron chi connectivity index (χ2n) is 4.17. The SMILES string of the molecule is Cc1ccc(N2CCNC(=O)C2CN)cc1Cl. The zero-order chi connectivity index (χ0) is 12.4. The molecule has 1 fully saturated rings. The van der Waals surface area contributed by atoms with Crippen LogP contribution in [-0.4, -0.2) is 31.6 Å². The molecule has 0 saturated carbocycles. The van der Waals surface area contributed by atoms with Crippen molar-refractivity contribution in [3.63, 3.8) is 0 Å². The van der Waals surface area contributed by atoms with Gasteiger partial charge in [0, 0.05) is 30.3 Å². The van der Waals surface area contributed by atoms with Gasteiger partial charge in [0.15, 0.2) is 0 Å². The Bertz CT molecular complexity index is 436. The maximum absolute atomic E-state index is 11.7. The normalized spacial score (nSPS) is 20.3. The molecule has 0 bridgehead atoms. The van der Waals surface area contributed by atoms with E-state index in [-0.39, 0.29) is 11.9 Å². The number of nitrogens with two attached hydrogens (primary N) is 1. The summed E-state index contributed by atoms with van der Waals surface area (Å²) < 4.78 is 0. The number of piperazine rings is 1. The van der Waals surface area contributed by atoms with E-state index in [1.54, 1.807) is 0 Å². The zero-order valence-corrected chi connectivity index (χ0v) is 10.5. The number of halogens is 1. The van der Waals surface area contributed by atoms with Crippen molar-refractivity contribution in [2.45, 2.75) is 13.0 Å². The van der Waals surface area contributed by atoms with Crippen LogP contribution in [0.3, 0.4) is 0 Å². The molecule has 0 aliphatic carbocycles. The third-order valence-electron chi connectivity index (χ3n) is 3.04. The number of hydrogen-bond donors (Lipinski definition) is 2. The van der Waals surface area contributed by atoms with E-state index < -0.39 is 0 Å².